The zero-order chi connectivity index (χ0) is 9.42. The molecule has 70 valence electrons. The molecule has 13 heavy (non-hydrogen) atoms. The molecule has 0 heterocycles. The van der Waals surface area contributed by atoms with E-state index in [9.17, 15) is 0 Å². The third-order valence-electron chi connectivity index (χ3n) is 2.54. The van der Waals surface area contributed by atoms with E-state index in [1.807, 2.05) is 6.92 Å². The third kappa shape index (κ3) is 2.00. The van der Waals surface area contributed by atoms with Crippen LogP contribution in [0.1, 0.15) is 35.8 Å². The largest absolute Gasteiger partial charge is 0.122 e. The number of benzene rings is 1. The molecule has 2 rings (SSSR count). The van der Waals surface area contributed by atoms with E-state index in [4.69, 9.17) is 23.2 Å². The Morgan fingerprint density at radius 2 is 1.85 bits per heavy atom. The lowest BCUT2D eigenvalue weighted by atomic mass is 10.1. The van der Waals surface area contributed by atoms with Gasteiger partial charge in [0.2, 0.25) is 0 Å². The van der Waals surface area contributed by atoms with E-state index in [-0.39, 0.29) is 5.38 Å². The highest BCUT2D eigenvalue weighted by Crippen LogP contribution is 2.45. The molecule has 1 aromatic rings. The first kappa shape index (κ1) is 9.36. The quantitative estimate of drug-likeness (QED) is 0.652. The van der Waals surface area contributed by atoms with Gasteiger partial charge in [0.25, 0.3) is 0 Å². The highest BCUT2D eigenvalue weighted by molar-refractivity contribution is 6.23. The minimum Gasteiger partial charge on any atom is -0.122 e. The van der Waals surface area contributed by atoms with Crippen LogP contribution in [0.3, 0.4) is 0 Å². The zero-order valence-corrected chi connectivity index (χ0v) is 9.02. The van der Waals surface area contributed by atoms with Crippen molar-refractivity contribution in [3.8, 4) is 0 Å². The van der Waals surface area contributed by atoms with E-state index in [1.54, 1.807) is 0 Å². The molecule has 0 amide bonds. The second-order valence-corrected chi connectivity index (χ2v) is 4.86. The minimum absolute atomic E-state index is 0.0973. The van der Waals surface area contributed by atoms with Crippen molar-refractivity contribution < 1.29 is 0 Å². The molecule has 0 spiro atoms. The second-order valence-electron chi connectivity index (χ2n) is 3.64. The average molecular weight is 215 g/mol. The Morgan fingerprint density at radius 3 is 2.23 bits per heavy atom. The summed E-state index contributed by atoms with van der Waals surface area (Å²) in [5.74, 6) is 0.585. The molecule has 0 saturated heterocycles. The fourth-order valence-electron chi connectivity index (χ4n) is 1.52. The predicted octanol–water partition coefficient (Wildman–Crippen LogP) is 4.08. The van der Waals surface area contributed by atoms with Crippen molar-refractivity contribution in [2.75, 3.05) is 0 Å². The first-order valence-electron chi connectivity index (χ1n) is 4.56. The molecular formula is C11H12Cl2. The summed E-state index contributed by atoms with van der Waals surface area (Å²) in [5.41, 5.74) is 2.53. The van der Waals surface area contributed by atoms with Crippen molar-refractivity contribution in [1.82, 2.24) is 0 Å². The van der Waals surface area contributed by atoms with Gasteiger partial charge in [0.1, 0.15) is 0 Å². The number of hydrogen-bond acceptors (Lipinski definition) is 0. The number of hydrogen-bond donors (Lipinski definition) is 0. The van der Waals surface area contributed by atoms with Gasteiger partial charge in [-0.2, -0.15) is 0 Å². The maximum atomic E-state index is 5.96. The van der Waals surface area contributed by atoms with Crippen molar-refractivity contribution in [2.24, 2.45) is 0 Å². The van der Waals surface area contributed by atoms with E-state index in [1.165, 1.54) is 11.1 Å². The molecule has 2 heteroatoms. The fourth-order valence-corrected chi connectivity index (χ4v) is 2.00. The summed E-state index contributed by atoms with van der Waals surface area (Å²) in [6.45, 7) is 1.98. The van der Waals surface area contributed by atoms with Crippen LogP contribution in [-0.2, 0) is 0 Å². The summed E-state index contributed by atoms with van der Waals surface area (Å²) in [5, 5.41) is 0.458. The average Bonchev–Trinajstić information content (AvgIpc) is 2.83. The highest BCUT2D eigenvalue weighted by atomic mass is 35.5. The summed E-state index contributed by atoms with van der Waals surface area (Å²) >= 11 is 11.9. The molecule has 0 nitrogen and oxygen atoms in total. The summed E-state index contributed by atoms with van der Waals surface area (Å²) in [7, 11) is 0. The van der Waals surface area contributed by atoms with Gasteiger partial charge in [-0.25, -0.2) is 0 Å². The lowest BCUT2D eigenvalue weighted by molar-refractivity contribution is 1.06. The van der Waals surface area contributed by atoms with Crippen molar-refractivity contribution in [3.05, 3.63) is 35.4 Å². The molecule has 1 fully saturated rings. The maximum absolute atomic E-state index is 5.96. The monoisotopic (exact) mass is 214 g/mol. The van der Waals surface area contributed by atoms with E-state index >= 15 is 0 Å². The van der Waals surface area contributed by atoms with Gasteiger partial charge >= 0.3 is 0 Å². The van der Waals surface area contributed by atoms with Crippen molar-refractivity contribution in [3.63, 3.8) is 0 Å². The molecule has 0 aliphatic heterocycles. The summed E-state index contributed by atoms with van der Waals surface area (Å²) in [6, 6.07) is 8.46. The van der Waals surface area contributed by atoms with Crippen LogP contribution in [0.4, 0.5) is 0 Å². The predicted molar refractivity (Wildman–Crippen MR) is 57.7 cm³/mol. The molecule has 0 aromatic heterocycles. The molecule has 0 bridgehead atoms. The van der Waals surface area contributed by atoms with Crippen LogP contribution in [0.2, 0.25) is 0 Å². The summed E-state index contributed by atoms with van der Waals surface area (Å²) in [6.07, 6.45) is 1.12. The van der Waals surface area contributed by atoms with Gasteiger partial charge in [-0.1, -0.05) is 24.3 Å². The molecule has 1 aromatic carbocycles. The van der Waals surface area contributed by atoms with Crippen molar-refractivity contribution in [1.29, 1.82) is 0 Å². The van der Waals surface area contributed by atoms with Crippen LogP contribution >= 0.6 is 23.2 Å². The highest BCUT2D eigenvalue weighted by Gasteiger charge is 2.36. The molecule has 1 unspecified atom stereocenters. The number of rotatable bonds is 2. The van der Waals surface area contributed by atoms with Crippen LogP contribution in [0, 0.1) is 0 Å². The molecule has 0 radical (unpaired) electrons. The van der Waals surface area contributed by atoms with E-state index in [0.717, 1.165) is 6.42 Å². The molecular weight excluding hydrogens is 203 g/mol. The molecule has 3 atom stereocenters. The SMILES string of the molecule is CC(Cl)c1ccc([C@@H]2C[C@H]2Cl)cc1. The van der Waals surface area contributed by atoms with Gasteiger partial charge in [0.05, 0.1) is 5.38 Å². The first-order valence-corrected chi connectivity index (χ1v) is 5.44. The van der Waals surface area contributed by atoms with Gasteiger partial charge < -0.3 is 0 Å². The summed E-state index contributed by atoms with van der Waals surface area (Å²) in [4.78, 5) is 0. The van der Waals surface area contributed by atoms with Gasteiger partial charge in [-0.15, -0.1) is 23.2 Å². The van der Waals surface area contributed by atoms with Gasteiger partial charge in [0, 0.05) is 11.3 Å². The van der Waals surface area contributed by atoms with Crippen LogP contribution in [0.5, 0.6) is 0 Å². The number of alkyl halides is 2. The molecule has 0 N–H and O–H groups in total. The van der Waals surface area contributed by atoms with Gasteiger partial charge in [-0.3, -0.25) is 0 Å². The molecule has 1 aliphatic carbocycles. The van der Waals surface area contributed by atoms with Crippen LogP contribution in [-0.4, -0.2) is 5.38 Å². The second kappa shape index (κ2) is 3.51. The Bertz CT molecular complexity index is 289. The van der Waals surface area contributed by atoms with E-state index in [0.29, 0.717) is 11.3 Å². The zero-order valence-electron chi connectivity index (χ0n) is 7.50. The lowest BCUT2D eigenvalue weighted by Gasteiger charge is -2.04. The molecule has 1 aliphatic rings. The number of halogens is 2. The Balaban J connectivity index is 2.14. The lowest BCUT2D eigenvalue weighted by Crippen LogP contribution is -1.86. The third-order valence-corrected chi connectivity index (χ3v) is 3.27. The normalized spacial score (nSPS) is 28.5. The Kier molecular flexibility index (Phi) is 2.53. The van der Waals surface area contributed by atoms with Crippen molar-refractivity contribution in [2.45, 2.75) is 30.0 Å². The fraction of sp³-hybridized carbons (Fsp3) is 0.455. The van der Waals surface area contributed by atoms with E-state index in [2.05, 4.69) is 24.3 Å². The summed E-state index contributed by atoms with van der Waals surface area (Å²) < 4.78 is 0. The maximum Gasteiger partial charge on any atom is 0.0557 e. The minimum atomic E-state index is 0.0973. The standard InChI is InChI=1S/C11H12Cl2/c1-7(12)8-2-4-9(5-3-8)10-6-11(10)13/h2-5,7,10-11H,6H2,1H3/t7?,10-,11+/m0/s1. The molecule has 1 saturated carbocycles. The van der Waals surface area contributed by atoms with Crippen molar-refractivity contribution >= 4 is 23.2 Å². The van der Waals surface area contributed by atoms with Crippen LogP contribution in [0.25, 0.3) is 0 Å². The Labute approximate surface area is 88.9 Å². The Hall–Kier alpha value is -0.200. The topological polar surface area (TPSA) is 0 Å². The van der Waals surface area contributed by atoms with Crippen LogP contribution < -0.4 is 0 Å². The smallest absolute Gasteiger partial charge is 0.0557 e. The first-order chi connectivity index (χ1) is 6.18. The van der Waals surface area contributed by atoms with E-state index < -0.39 is 0 Å². The van der Waals surface area contributed by atoms with Crippen LogP contribution in [0.15, 0.2) is 24.3 Å². The van der Waals surface area contributed by atoms with Gasteiger partial charge in [0.15, 0.2) is 0 Å². The van der Waals surface area contributed by atoms with Gasteiger partial charge in [-0.05, 0) is 24.5 Å². The Morgan fingerprint density at radius 1 is 1.31 bits per heavy atom.